The predicted octanol–water partition coefficient (Wildman–Crippen LogP) is 4.00. The van der Waals surface area contributed by atoms with E-state index in [1.54, 1.807) is 49.3 Å². The van der Waals surface area contributed by atoms with Gasteiger partial charge in [0.1, 0.15) is 17.0 Å². The number of halogens is 1. The number of pyridine rings is 1. The minimum Gasteiger partial charge on any atom is -0.385 e. The average Bonchev–Trinajstić information content (AvgIpc) is 3.47. The number of anilines is 2. The number of carbonyl (C=O) groups is 1. The molecule has 1 aliphatic heterocycles. The lowest BCUT2D eigenvalue weighted by Crippen LogP contribution is -2.34. The van der Waals surface area contributed by atoms with E-state index in [1.165, 1.54) is 6.07 Å². The molecular weight excluding hydrogens is 449 g/mol. The fourth-order valence-corrected chi connectivity index (χ4v) is 4.50. The number of imidazole rings is 1. The van der Waals surface area contributed by atoms with Crippen LogP contribution in [0, 0.1) is 11.7 Å². The molecule has 1 amide bonds. The zero-order valence-electron chi connectivity index (χ0n) is 19.8. The molecule has 0 radical (unpaired) electrons. The molecule has 182 valence electrons. The predicted molar refractivity (Wildman–Crippen MR) is 132 cm³/mol. The first-order chi connectivity index (χ1) is 17.0. The van der Waals surface area contributed by atoms with E-state index in [2.05, 4.69) is 30.3 Å². The maximum Gasteiger partial charge on any atom is 0.258 e. The maximum absolute atomic E-state index is 14.0. The van der Waals surface area contributed by atoms with Crippen molar-refractivity contribution in [2.45, 2.75) is 19.3 Å². The van der Waals surface area contributed by atoms with Crippen LogP contribution in [-0.2, 0) is 11.8 Å². The number of piperidine rings is 1. The summed E-state index contributed by atoms with van der Waals surface area (Å²) < 4.78 is 20.8. The van der Waals surface area contributed by atoms with Gasteiger partial charge in [-0.25, -0.2) is 14.4 Å². The van der Waals surface area contributed by atoms with Gasteiger partial charge in [-0.05, 0) is 49.4 Å². The van der Waals surface area contributed by atoms with E-state index >= 15 is 0 Å². The van der Waals surface area contributed by atoms with Gasteiger partial charge in [0.15, 0.2) is 17.5 Å². The first-order valence-corrected chi connectivity index (χ1v) is 11.7. The Labute approximate surface area is 202 Å². The minimum absolute atomic E-state index is 0.264. The smallest absolute Gasteiger partial charge is 0.258 e. The fraction of sp³-hybridized carbons (Fsp3) is 0.360. The topological polar surface area (TPSA) is 101 Å². The van der Waals surface area contributed by atoms with Crippen LogP contribution in [0.5, 0.6) is 0 Å². The Morgan fingerprint density at radius 1 is 1.26 bits per heavy atom. The summed E-state index contributed by atoms with van der Waals surface area (Å²) in [5.41, 5.74) is 1.93. The fourth-order valence-electron chi connectivity index (χ4n) is 4.50. The molecule has 0 unspecified atom stereocenters. The molecule has 1 saturated heterocycles. The van der Waals surface area contributed by atoms with Gasteiger partial charge in [0.05, 0.1) is 11.1 Å². The van der Waals surface area contributed by atoms with Gasteiger partial charge in [-0.1, -0.05) is 6.07 Å². The molecule has 0 aliphatic carbocycles. The number of benzene rings is 1. The van der Waals surface area contributed by atoms with E-state index in [1.807, 2.05) is 6.07 Å². The van der Waals surface area contributed by atoms with Crippen molar-refractivity contribution < 1.29 is 13.9 Å². The third-order valence-corrected chi connectivity index (χ3v) is 6.51. The van der Waals surface area contributed by atoms with Crippen molar-refractivity contribution in [1.29, 1.82) is 0 Å². The Kier molecular flexibility index (Phi) is 6.45. The third-order valence-electron chi connectivity index (χ3n) is 6.51. The first kappa shape index (κ1) is 23.0. The summed E-state index contributed by atoms with van der Waals surface area (Å²) in [5.74, 6) is 1.71. The van der Waals surface area contributed by atoms with Crippen LogP contribution >= 0.6 is 0 Å². The number of fused-ring (bicyclic) bond motifs is 1. The number of hydrogen-bond acceptors (Lipinski definition) is 6. The highest BCUT2D eigenvalue weighted by Gasteiger charge is 2.21. The summed E-state index contributed by atoms with van der Waals surface area (Å²) >= 11 is 0. The molecule has 1 aromatic carbocycles. The van der Waals surface area contributed by atoms with Gasteiger partial charge in [0, 0.05) is 46.1 Å². The number of aryl methyl sites for hydroxylation is 1. The lowest BCUT2D eigenvalue weighted by atomic mass is 9.94. The number of hydrogen-bond donors (Lipinski definition) is 2. The maximum atomic E-state index is 14.0. The van der Waals surface area contributed by atoms with Gasteiger partial charge in [0.2, 0.25) is 0 Å². The number of H-pyrrole nitrogens is 1. The molecule has 3 aromatic heterocycles. The second-order valence-corrected chi connectivity index (χ2v) is 8.83. The van der Waals surface area contributed by atoms with Gasteiger partial charge >= 0.3 is 0 Å². The van der Waals surface area contributed by atoms with Crippen molar-refractivity contribution in [2.75, 3.05) is 37.0 Å². The van der Waals surface area contributed by atoms with Crippen molar-refractivity contribution in [1.82, 2.24) is 24.7 Å². The monoisotopic (exact) mass is 477 g/mol. The van der Waals surface area contributed by atoms with Crippen LogP contribution < -0.4 is 10.2 Å². The van der Waals surface area contributed by atoms with E-state index in [0.29, 0.717) is 34.3 Å². The zero-order valence-corrected chi connectivity index (χ0v) is 19.8. The highest BCUT2D eigenvalue weighted by atomic mass is 19.1. The Bertz CT molecular complexity index is 1320. The van der Waals surface area contributed by atoms with Crippen molar-refractivity contribution in [2.24, 2.45) is 13.0 Å². The summed E-state index contributed by atoms with van der Waals surface area (Å²) in [4.78, 5) is 27.0. The molecule has 5 rings (SSSR count). The quantitative estimate of drug-likeness (QED) is 0.417. The molecule has 0 atom stereocenters. The number of aromatic amines is 1. The molecule has 0 spiro atoms. The first-order valence-electron chi connectivity index (χ1n) is 11.7. The Hall–Kier alpha value is -3.79. The third kappa shape index (κ3) is 4.88. The number of para-hydroxylation sites is 1. The number of nitrogens with one attached hydrogen (secondary N) is 2. The summed E-state index contributed by atoms with van der Waals surface area (Å²) in [6.45, 7) is 2.71. The SMILES string of the molecule is COCCC1CCN(c2ccc(C(=O)Nc3cc(-c4nc5c(F)cccc5[nH]4)n(C)n3)cn2)CC1. The second kappa shape index (κ2) is 9.83. The summed E-state index contributed by atoms with van der Waals surface area (Å²) in [7, 11) is 3.48. The molecule has 35 heavy (non-hydrogen) atoms. The molecule has 1 fully saturated rings. The zero-order chi connectivity index (χ0) is 24.4. The molecule has 9 nitrogen and oxygen atoms in total. The second-order valence-electron chi connectivity index (χ2n) is 8.83. The van der Waals surface area contributed by atoms with E-state index in [4.69, 9.17) is 4.74 Å². The number of aromatic nitrogens is 5. The Balaban J connectivity index is 1.23. The summed E-state index contributed by atoms with van der Waals surface area (Å²) in [6, 6.07) is 10.1. The van der Waals surface area contributed by atoms with Gasteiger partial charge in [-0.15, -0.1) is 0 Å². The number of ether oxygens (including phenoxy) is 1. The van der Waals surface area contributed by atoms with Crippen LogP contribution in [0.15, 0.2) is 42.6 Å². The molecule has 2 N–H and O–H groups in total. The van der Waals surface area contributed by atoms with Crippen LogP contribution in [0.25, 0.3) is 22.6 Å². The van der Waals surface area contributed by atoms with Crippen molar-refractivity contribution in [3.8, 4) is 11.5 Å². The Morgan fingerprint density at radius 3 is 2.80 bits per heavy atom. The average molecular weight is 478 g/mol. The summed E-state index contributed by atoms with van der Waals surface area (Å²) in [6.07, 6.45) is 4.92. The normalized spacial score (nSPS) is 14.5. The van der Waals surface area contributed by atoms with E-state index in [-0.39, 0.29) is 11.4 Å². The van der Waals surface area contributed by atoms with Crippen LogP contribution in [0.3, 0.4) is 0 Å². The van der Waals surface area contributed by atoms with E-state index in [9.17, 15) is 9.18 Å². The summed E-state index contributed by atoms with van der Waals surface area (Å²) in [5, 5.41) is 7.16. The molecule has 1 aliphatic rings. The van der Waals surface area contributed by atoms with Crippen LogP contribution in [0.4, 0.5) is 16.0 Å². The van der Waals surface area contributed by atoms with Crippen LogP contribution in [-0.4, -0.2) is 57.4 Å². The minimum atomic E-state index is -0.396. The number of methoxy groups -OCH3 is 1. The molecular formula is C25H28FN7O2. The highest BCUT2D eigenvalue weighted by Crippen LogP contribution is 2.26. The van der Waals surface area contributed by atoms with Gasteiger partial charge in [-0.3, -0.25) is 9.48 Å². The van der Waals surface area contributed by atoms with E-state index < -0.39 is 5.82 Å². The van der Waals surface area contributed by atoms with Crippen molar-refractivity contribution in [3.63, 3.8) is 0 Å². The Morgan fingerprint density at radius 2 is 2.09 bits per heavy atom. The standard InChI is InChI=1S/C25H28FN7O2/c1-32-20(24-28-19-5-3-4-18(26)23(19)30-24)14-21(31-32)29-25(34)17-6-7-22(27-15-17)33-11-8-16(9-12-33)10-13-35-2/h3-7,14-16H,8-13H2,1-2H3,(H,28,30)(H,29,31,34). The van der Waals surface area contributed by atoms with E-state index in [0.717, 1.165) is 44.8 Å². The number of nitrogens with zero attached hydrogens (tertiary/aromatic N) is 5. The van der Waals surface area contributed by atoms with Crippen molar-refractivity contribution in [3.05, 3.63) is 54.0 Å². The number of amides is 1. The van der Waals surface area contributed by atoms with Gasteiger partial charge in [-0.2, -0.15) is 5.10 Å². The molecule has 0 saturated carbocycles. The van der Waals surface area contributed by atoms with Crippen LogP contribution in [0.2, 0.25) is 0 Å². The molecule has 4 heterocycles. The molecule has 4 aromatic rings. The number of rotatable bonds is 7. The lowest BCUT2D eigenvalue weighted by Gasteiger charge is -2.32. The van der Waals surface area contributed by atoms with Crippen molar-refractivity contribution >= 4 is 28.6 Å². The molecule has 0 bridgehead atoms. The molecule has 10 heteroatoms. The highest BCUT2D eigenvalue weighted by molar-refractivity contribution is 6.03. The van der Waals surface area contributed by atoms with Gasteiger partial charge in [0.25, 0.3) is 5.91 Å². The largest absolute Gasteiger partial charge is 0.385 e. The number of carbonyl (C=O) groups excluding carboxylic acids is 1. The lowest BCUT2D eigenvalue weighted by molar-refractivity contribution is 0.102. The van der Waals surface area contributed by atoms with Gasteiger partial charge < -0.3 is 19.9 Å². The van der Waals surface area contributed by atoms with Crippen LogP contribution in [0.1, 0.15) is 29.6 Å².